The summed E-state index contributed by atoms with van der Waals surface area (Å²) in [5.74, 6) is 0. The molecule has 0 fully saturated rings. The van der Waals surface area contributed by atoms with Gasteiger partial charge in [0.2, 0.25) is 0 Å². The smallest absolute Gasteiger partial charge is 0.252 e. The molecule has 14 rings (SSSR count). The summed E-state index contributed by atoms with van der Waals surface area (Å²) >= 11 is 0. The van der Waals surface area contributed by atoms with Crippen LogP contribution in [0.1, 0.15) is 163 Å². The highest BCUT2D eigenvalue weighted by Gasteiger charge is 2.48. The molecular formula is C85H88BN3O. The first-order chi connectivity index (χ1) is 42.5. The van der Waals surface area contributed by atoms with Gasteiger partial charge in [0.1, 0.15) is 11.2 Å². The van der Waals surface area contributed by atoms with Crippen LogP contribution in [0.5, 0.6) is 0 Å². The molecule has 11 aromatic rings. The van der Waals surface area contributed by atoms with Crippen LogP contribution in [-0.4, -0.2) is 6.71 Å². The number of furan rings is 1. The van der Waals surface area contributed by atoms with E-state index in [2.05, 4.69) is 333 Å². The highest BCUT2D eigenvalue weighted by atomic mass is 16.3. The van der Waals surface area contributed by atoms with Crippen molar-refractivity contribution in [2.75, 3.05) is 14.7 Å². The Kier molecular flexibility index (Phi) is 13.6. The molecule has 3 aliphatic rings. The summed E-state index contributed by atoms with van der Waals surface area (Å²) in [6, 6.07) is 77.5. The molecule has 0 spiro atoms. The lowest BCUT2D eigenvalue weighted by Gasteiger charge is -2.48. The van der Waals surface area contributed by atoms with Crippen LogP contribution >= 0.6 is 0 Å². The van der Waals surface area contributed by atoms with Crippen molar-refractivity contribution in [3.63, 3.8) is 0 Å². The van der Waals surface area contributed by atoms with E-state index in [9.17, 15) is 0 Å². The van der Waals surface area contributed by atoms with Gasteiger partial charge in [0.15, 0.2) is 0 Å². The second kappa shape index (κ2) is 20.8. The molecule has 0 radical (unpaired) electrons. The largest absolute Gasteiger partial charge is 0.456 e. The summed E-state index contributed by atoms with van der Waals surface area (Å²) in [6.45, 7) is 40.0. The van der Waals surface area contributed by atoms with Gasteiger partial charge in [-0.1, -0.05) is 232 Å². The van der Waals surface area contributed by atoms with Gasteiger partial charge in [-0.05, 0) is 203 Å². The lowest BCUT2D eigenvalue weighted by molar-refractivity contribution is 0.332. The molecule has 0 amide bonds. The van der Waals surface area contributed by atoms with Crippen LogP contribution in [0.25, 0.3) is 44.2 Å². The van der Waals surface area contributed by atoms with E-state index in [0.717, 1.165) is 57.5 Å². The molecule has 4 nitrogen and oxygen atoms in total. The molecule has 0 N–H and O–H groups in total. The maximum Gasteiger partial charge on any atom is 0.252 e. The van der Waals surface area contributed by atoms with Crippen LogP contribution in [-0.2, 0) is 32.5 Å². The fourth-order valence-corrected chi connectivity index (χ4v) is 15.0. The average molecular weight is 1180 g/mol. The van der Waals surface area contributed by atoms with Crippen molar-refractivity contribution < 1.29 is 4.42 Å². The topological polar surface area (TPSA) is 22.9 Å². The number of benzene rings is 10. The third kappa shape index (κ3) is 9.89. The summed E-state index contributed by atoms with van der Waals surface area (Å²) in [6.07, 6.45) is 2.22. The fraction of sp³-hybridized carbons (Fsp3) is 0.294. The lowest BCUT2D eigenvalue weighted by Crippen LogP contribution is -2.62. The number of aryl methyl sites for hydroxylation is 1. The van der Waals surface area contributed by atoms with Gasteiger partial charge in [0, 0.05) is 56.1 Å². The molecule has 452 valence electrons. The van der Waals surface area contributed by atoms with E-state index in [1.54, 1.807) is 0 Å². The lowest BCUT2D eigenvalue weighted by atomic mass is 9.33. The van der Waals surface area contributed by atoms with Gasteiger partial charge in [-0.2, -0.15) is 0 Å². The minimum atomic E-state index is -0.165. The standard InChI is InChI=1S/C85H88BN3O/c1-53-46-58(82(8,9)10)35-42-70(53)88-72-41-30-55(63-27-23-29-77-78(63)64-26-21-22-28-76(64)90-77)47-68(72)86-69-51-66-67(85(16,17)45-44-84(66,14)15)52-73(69)89(71-43-36-59(83(11,12)13)48-65(71)54-24-19-18-20-25-54)75-50-62(49-74(88)79(75)86)87(60-37-31-56(32-38-60)80(2,3)4)61-39-33-57(34-40-61)81(5,6)7/h18-43,46-52H,44-45H2,1-17H3. The molecule has 0 unspecified atom stereocenters. The number of hydrogen-bond acceptors (Lipinski definition) is 4. The van der Waals surface area contributed by atoms with E-state index in [-0.39, 0.29) is 39.2 Å². The zero-order valence-corrected chi connectivity index (χ0v) is 56.3. The number of hydrogen-bond donors (Lipinski definition) is 0. The highest BCUT2D eigenvalue weighted by molar-refractivity contribution is 7.00. The van der Waals surface area contributed by atoms with Crippen LogP contribution in [0.3, 0.4) is 0 Å². The Morgan fingerprint density at radius 3 is 1.48 bits per heavy atom. The molecule has 1 aromatic heterocycles. The molecule has 0 atom stereocenters. The number of fused-ring (bicyclic) bond motifs is 8. The van der Waals surface area contributed by atoms with E-state index in [0.29, 0.717) is 0 Å². The van der Waals surface area contributed by atoms with Gasteiger partial charge in [-0.25, -0.2) is 0 Å². The summed E-state index contributed by atoms with van der Waals surface area (Å²) in [5.41, 5.74) is 29.9. The SMILES string of the molecule is Cc1cc(C(C)(C)C)ccc1N1c2ccc(-c3cccc4oc5ccccc5c34)cc2B2c3cc4c(cc3N(c3ccc(C(C)(C)C)cc3-c3ccccc3)c3cc(N(c5ccc(C(C)(C)C)cc5)c5ccc(C(C)(C)C)cc5)cc1c32)C(C)(C)CCC4(C)C. The fourth-order valence-electron chi connectivity index (χ4n) is 15.0. The normalized spacial score (nSPS) is 15.2. The zero-order chi connectivity index (χ0) is 63.4. The maximum atomic E-state index is 6.64. The van der Waals surface area contributed by atoms with Gasteiger partial charge in [0.05, 0.1) is 11.4 Å². The molecule has 5 heteroatoms. The number of para-hydroxylation sites is 1. The summed E-state index contributed by atoms with van der Waals surface area (Å²) in [7, 11) is 0. The van der Waals surface area contributed by atoms with Crippen molar-refractivity contribution in [3.05, 3.63) is 239 Å². The molecule has 90 heavy (non-hydrogen) atoms. The van der Waals surface area contributed by atoms with E-state index in [1.807, 2.05) is 0 Å². The predicted molar refractivity (Wildman–Crippen MR) is 388 cm³/mol. The first kappa shape index (κ1) is 59.1. The van der Waals surface area contributed by atoms with Gasteiger partial charge in [-0.15, -0.1) is 0 Å². The quantitative estimate of drug-likeness (QED) is 0.148. The number of nitrogens with zero attached hydrogens (tertiary/aromatic N) is 3. The van der Waals surface area contributed by atoms with E-state index in [1.165, 1.54) is 106 Å². The Morgan fingerprint density at radius 2 is 0.889 bits per heavy atom. The summed E-state index contributed by atoms with van der Waals surface area (Å²) in [4.78, 5) is 7.89. The molecule has 0 saturated heterocycles. The van der Waals surface area contributed by atoms with Gasteiger partial charge >= 0.3 is 0 Å². The molecule has 3 heterocycles. The first-order valence-corrected chi connectivity index (χ1v) is 32.9. The van der Waals surface area contributed by atoms with Gasteiger partial charge in [-0.3, -0.25) is 0 Å². The Hall–Kier alpha value is -8.54. The van der Waals surface area contributed by atoms with Crippen LogP contribution in [0, 0.1) is 6.92 Å². The molecule has 2 aliphatic heterocycles. The minimum Gasteiger partial charge on any atom is -0.456 e. The van der Waals surface area contributed by atoms with E-state index in [4.69, 9.17) is 4.42 Å². The van der Waals surface area contributed by atoms with Crippen LogP contribution < -0.4 is 31.1 Å². The van der Waals surface area contributed by atoms with Crippen molar-refractivity contribution >= 4 is 96.2 Å². The number of rotatable bonds is 7. The molecule has 0 bridgehead atoms. The Morgan fingerprint density at radius 1 is 0.389 bits per heavy atom. The maximum absolute atomic E-state index is 6.64. The Bertz CT molecular complexity index is 4590. The summed E-state index contributed by atoms with van der Waals surface area (Å²) in [5, 5.41) is 2.27. The van der Waals surface area contributed by atoms with Crippen LogP contribution in [0.2, 0.25) is 0 Å². The third-order valence-corrected chi connectivity index (χ3v) is 20.5. The molecular weight excluding hydrogens is 1090 g/mol. The van der Waals surface area contributed by atoms with Crippen LogP contribution in [0.4, 0.5) is 51.2 Å². The monoisotopic (exact) mass is 1180 g/mol. The Balaban J connectivity index is 1.16. The van der Waals surface area contributed by atoms with E-state index < -0.39 is 0 Å². The Labute approximate surface area is 536 Å². The molecule has 0 saturated carbocycles. The second-order valence-corrected chi connectivity index (χ2v) is 31.8. The highest BCUT2D eigenvalue weighted by Crippen LogP contribution is 2.54. The van der Waals surface area contributed by atoms with Gasteiger partial charge < -0.3 is 19.1 Å². The van der Waals surface area contributed by atoms with Crippen molar-refractivity contribution in [2.24, 2.45) is 0 Å². The molecule has 10 aromatic carbocycles. The van der Waals surface area contributed by atoms with Crippen molar-refractivity contribution in [1.29, 1.82) is 0 Å². The number of anilines is 9. The van der Waals surface area contributed by atoms with Crippen molar-refractivity contribution in [3.8, 4) is 22.3 Å². The van der Waals surface area contributed by atoms with Gasteiger partial charge in [0.25, 0.3) is 6.71 Å². The average Bonchev–Trinajstić information content (AvgIpc) is 0.784. The minimum absolute atomic E-state index is 0.0223. The van der Waals surface area contributed by atoms with Crippen molar-refractivity contribution in [2.45, 2.75) is 163 Å². The second-order valence-electron chi connectivity index (χ2n) is 31.8. The van der Waals surface area contributed by atoms with Crippen LogP contribution in [0.15, 0.2) is 205 Å². The molecule has 1 aliphatic carbocycles. The van der Waals surface area contributed by atoms with Crippen molar-refractivity contribution in [1.82, 2.24) is 0 Å². The third-order valence-electron chi connectivity index (χ3n) is 20.5. The zero-order valence-electron chi connectivity index (χ0n) is 56.3. The van der Waals surface area contributed by atoms with E-state index >= 15 is 0 Å². The predicted octanol–water partition coefficient (Wildman–Crippen LogP) is 22.3. The summed E-state index contributed by atoms with van der Waals surface area (Å²) < 4.78 is 6.64. The first-order valence-electron chi connectivity index (χ1n) is 32.9.